The van der Waals surface area contributed by atoms with Crippen molar-refractivity contribution in [1.82, 2.24) is 10.3 Å². The van der Waals surface area contributed by atoms with Crippen LogP contribution in [0.15, 0.2) is 6.20 Å². The molecule has 2 heterocycles. The highest BCUT2D eigenvalue weighted by molar-refractivity contribution is 5.43. The zero-order chi connectivity index (χ0) is 11.5. The number of ether oxygens (including phenoxy) is 1. The number of aromatic hydroxyl groups is 1. The summed E-state index contributed by atoms with van der Waals surface area (Å²) in [6.07, 6.45) is 1.60. The first-order chi connectivity index (χ1) is 7.74. The van der Waals surface area contributed by atoms with Crippen LogP contribution in [0.2, 0.25) is 0 Å². The Balaban J connectivity index is 2.39. The number of aromatic nitrogens is 1. The van der Waals surface area contributed by atoms with Crippen LogP contribution in [0.25, 0.3) is 0 Å². The predicted molar refractivity (Wildman–Crippen MR) is 58.1 cm³/mol. The van der Waals surface area contributed by atoms with Crippen LogP contribution in [-0.2, 0) is 11.3 Å². The van der Waals surface area contributed by atoms with Gasteiger partial charge in [-0.15, -0.1) is 0 Å². The molecule has 3 N–H and O–H groups in total. The van der Waals surface area contributed by atoms with E-state index in [-0.39, 0.29) is 18.4 Å². The fourth-order valence-electron chi connectivity index (χ4n) is 1.92. The van der Waals surface area contributed by atoms with Crippen molar-refractivity contribution in [3.8, 4) is 5.75 Å². The monoisotopic (exact) mass is 224 g/mol. The second-order valence-corrected chi connectivity index (χ2v) is 3.87. The third-order valence-corrected chi connectivity index (χ3v) is 2.80. The molecule has 1 aromatic rings. The average Bonchev–Trinajstić information content (AvgIpc) is 2.33. The smallest absolute Gasteiger partial charge is 0.141 e. The number of aliphatic hydroxyl groups is 1. The van der Waals surface area contributed by atoms with Crippen LogP contribution in [0.1, 0.15) is 22.9 Å². The van der Waals surface area contributed by atoms with Crippen molar-refractivity contribution in [2.75, 3.05) is 19.8 Å². The number of aliphatic hydroxyl groups excluding tert-OH is 1. The molecular weight excluding hydrogens is 208 g/mol. The van der Waals surface area contributed by atoms with Gasteiger partial charge in [0.05, 0.1) is 31.6 Å². The highest BCUT2D eigenvalue weighted by Gasteiger charge is 2.23. The number of morpholine rings is 1. The maximum atomic E-state index is 9.99. The predicted octanol–water partition coefficient (Wildman–Crippen LogP) is 0.249. The van der Waals surface area contributed by atoms with Crippen LogP contribution < -0.4 is 5.32 Å². The Kier molecular flexibility index (Phi) is 3.38. The van der Waals surface area contributed by atoms with E-state index >= 15 is 0 Å². The molecular formula is C11H16N2O3. The Morgan fingerprint density at radius 1 is 1.62 bits per heavy atom. The molecule has 0 aliphatic carbocycles. The highest BCUT2D eigenvalue weighted by atomic mass is 16.5. The molecule has 0 amide bonds. The number of hydrogen-bond donors (Lipinski definition) is 3. The largest absolute Gasteiger partial charge is 0.506 e. The van der Waals surface area contributed by atoms with E-state index in [2.05, 4.69) is 10.3 Å². The molecule has 1 aliphatic rings. The van der Waals surface area contributed by atoms with Crippen LogP contribution in [0.4, 0.5) is 0 Å². The van der Waals surface area contributed by atoms with Crippen LogP contribution in [0.5, 0.6) is 5.75 Å². The molecule has 0 spiro atoms. The normalized spacial score (nSPS) is 21.0. The zero-order valence-electron chi connectivity index (χ0n) is 9.23. The Hall–Kier alpha value is -1.17. The van der Waals surface area contributed by atoms with Crippen molar-refractivity contribution in [2.24, 2.45) is 0 Å². The second kappa shape index (κ2) is 4.78. The van der Waals surface area contributed by atoms with E-state index in [1.54, 1.807) is 13.1 Å². The summed E-state index contributed by atoms with van der Waals surface area (Å²) < 4.78 is 5.36. The van der Waals surface area contributed by atoms with Gasteiger partial charge in [0.15, 0.2) is 0 Å². The van der Waals surface area contributed by atoms with E-state index in [0.29, 0.717) is 30.0 Å². The summed E-state index contributed by atoms with van der Waals surface area (Å²) in [6, 6.07) is -0.0717. The first-order valence-corrected chi connectivity index (χ1v) is 5.33. The van der Waals surface area contributed by atoms with Crippen LogP contribution in [-0.4, -0.2) is 35.0 Å². The molecule has 1 atom stereocenters. The molecule has 88 valence electrons. The molecule has 1 aliphatic heterocycles. The number of hydrogen-bond acceptors (Lipinski definition) is 5. The Bertz CT molecular complexity index is 376. The molecule has 5 heteroatoms. The maximum Gasteiger partial charge on any atom is 0.141 e. The Labute approximate surface area is 94.1 Å². The summed E-state index contributed by atoms with van der Waals surface area (Å²) in [5.41, 5.74) is 1.92. The Morgan fingerprint density at radius 2 is 2.44 bits per heavy atom. The topological polar surface area (TPSA) is 74.6 Å². The summed E-state index contributed by atoms with van der Waals surface area (Å²) in [7, 11) is 0. The number of pyridine rings is 1. The number of nitrogens with one attached hydrogen (secondary N) is 1. The van der Waals surface area contributed by atoms with Crippen molar-refractivity contribution < 1.29 is 14.9 Å². The van der Waals surface area contributed by atoms with Gasteiger partial charge in [0.25, 0.3) is 0 Å². The minimum atomic E-state index is -0.131. The molecule has 0 bridgehead atoms. The molecule has 1 fully saturated rings. The van der Waals surface area contributed by atoms with E-state index in [1.165, 1.54) is 0 Å². The van der Waals surface area contributed by atoms with Gasteiger partial charge < -0.3 is 20.3 Å². The molecule has 0 aromatic carbocycles. The quantitative estimate of drug-likeness (QED) is 0.671. The van der Waals surface area contributed by atoms with E-state index in [0.717, 1.165) is 6.54 Å². The fraction of sp³-hybridized carbons (Fsp3) is 0.545. The van der Waals surface area contributed by atoms with Crippen molar-refractivity contribution in [3.05, 3.63) is 23.0 Å². The van der Waals surface area contributed by atoms with E-state index in [9.17, 15) is 10.2 Å². The summed E-state index contributed by atoms with van der Waals surface area (Å²) in [6.45, 7) is 3.54. The lowest BCUT2D eigenvalue weighted by molar-refractivity contribution is 0.0753. The summed E-state index contributed by atoms with van der Waals surface area (Å²) >= 11 is 0. The minimum Gasteiger partial charge on any atom is -0.506 e. The van der Waals surface area contributed by atoms with Crippen molar-refractivity contribution in [2.45, 2.75) is 19.6 Å². The third kappa shape index (κ3) is 2.02. The van der Waals surface area contributed by atoms with Gasteiger partial charge >= 0.3 is 0 Å². The SMILES string of the molecule is Cc1ncc(CO)c([C@H]2COCCN2)c1O. The van der Waals surface area contributed by atoms with E-state index < -0.39 is 0 Å². The molecule has 0 unspecified atom stereocenters. The van der Waals surface area contributed by atoms with Gasteiger partial charge in [-0.3, -0.25) is 4.98 Å². The first-order valence-electron chi connectivity index (χ1n) is 5.33. The highest BCUT2D eigenvalue weighted by Crippen LogP contribution is 2.30. The van der Waals surface area contributed by atoms with Gasteiger partial charge in [0.1, 0.15) is 5.75 Å². The summed E-state index contributed by atoms with van der Waals surface area (Å²) in [4.78, 5) is 4.03. The fourth-order valence-corrected chi connectivity index (χ4v) is 1.92. The number of rotatable bonds is 2. The molecule has 5 nitrogen and oxygen atoms in total. The van der Waals surface area contributed by atoms with Gasteiger partial charge in [-0.1, -0.05) is 0 Å². The lowest BCUT2D eigenvalue weighted by Crippen LogP contribution is -2.35. The second-order valence-electron chi connectivity index (χ2n) is 3.87. The molecule has 16 heavy (non-hydrogen) atoms. The lowest BCUT2D eigenvalue weighted by atomic mass is 10.00. The van der Waals surface area contributed by atoms with Gasteiger partial charge in [0, 0.05) is 23.9 Å². The number of nitrogens with zero attached hydrogens (tertiary/aromatic N) is 1. The van der Waals surface area contributed by atoms with Gasteiger partial charge in [-0.2, -0.15) is 0 Å². The zero-order valence-corrected chi connectivity index (χ0v) is 9.23. The minimum absolute atomic E-state index is 0.0717. The molecule has 2 rings (SSSR count). The van der Waals surface area contributed by atoms with Gasteiger partial charge in [-0.05, 0) is 6.92 Å². The van der Waals surface area contributed by atoms with E-state index in [1.807, 2.05) is 0 Å². The van der Waals surface area contributed by atoms with Gasteiger partial charge in [0.2, 0.25) is 0 Å². The number of aryl methyl sites for hydroxylation is 1. The third-order valence-electron chi connectivity index (χ3n) is 2.80. The lowest BCUT2D eigenvalue weighted by Gasteiger charge is -2.26. The first kappa shape index (κ1) is 11.3. The maximum absolute atomic E-state index is 9.99. The van der Waals surface area contributed by atoms with Crippen molar-refractivity contribution >= 4 is 0 Å². The molecule has 0 saturated carbocycles. The van der Waals surface area contributed by atoms with Crippen molar-refractivity contribution in [3.63, 3.8) is 0 Å². The van der Waals surface area contributed by atoms with Crippen LogP contribution in [0.3, 0.4) is 0 Å². The van der Waals surface area contributed by atoms with E-state index in [4.69, 9.17) is 4.74 Å². The Morgan fingerprint density at radius 3 is 3.06 bits per heavy atom. The van der Waals surface area contributed by atoms with Crippen molar-refractivity contribution in [1.29, 1.82) is 0 Å². The van der Waals surface area contributed by atoms with Gasteiger partial charge in [-0.25, -0.2) is 0 Å². The van der Waals surface area contributed by atoms with Crippen LogP contribution >= 0.6 is 0 Å². The van der Waals surface area contributed by atoms with Crippen LogP contribution in [0, 0.1) is 6.92 Å². The molecule has 1 saturated heterocycles. The average molecular weight is 224 g/mol. The molecule has 0 radical (unpaired) electrons. The standard InChI is InChI=1S/C11H16N2O3/c1-7-11(15)10(8(5-14)4-13-7)9-6-16-3-2-12-9/h4,9,12,14-15H,2-3,5-6H2,1H3/t9-/m1/s1. The summed E-state index contributed by atoms with van der Waals surface area (Å²) in [5.74, 6) is 0.148. The summed E-state index contributed by atoms with van der Waals surface area (Å²) in [5, 5.41) is 22.5. The molecule has 1 aromatic heterocycles.